The van der Waals surface area contributed by atoms with E-state index in [0.717, 1.165) is 31.0 Å². The van der Waals surface area contributed by atoms with E-state index in [1.165, 1.54) is 24.1 Å². The van der Waals surface area contributed by atoms with Crippen molar-refractivity contribution < 1.29 is 18.0 Å². The average Bonchev–Trinajstić information content (AvgIpc) is 2.99. The van der Waals surface area contributed by atoms with Crippen molar-refractivity contribution in [2.45, 2.75) is 37.8 Å². The molecule has 42 heavy (non-hydrogen) atoms. The second kappa shape index (κ2) is 13.8. The third-order valence-electron chi connectivity index (χ3n) is 7.15. The first-order chi connectivity index (χ1) is 20.1. The Bertz CT molecular complexity index is 1650. The minimum absolute atomic E-state index is 0.0710. The smallest absolute Gasteiger partial charge is 0.264 e. The molecule has 0 bridgehead atoms. The number of aryl methyl sites for hydroxylation is 2. The molecular formula is C33H34BrN3O4S. The minimum atomic E-state index is -4.12. The van der Waals surface area contributed by atoms with Crippen molar-refractivity contribution in [1.29, 1.82) is 0 Å². The molecule has 0 heterocycles. The molecule has 0 aliphatic rings. The molecule has 0 unspecified atom stereocenters. The summed E-state index contributed by atoms with van der Waals surface area (Å²) >= 11 is 3.49. The topological polar surface area (TPSA) is 86.8 Å². The van der Waals surface area contributed by atoms with Crippen molar-refractivity contribution >= 4 is 43.5 Å². The maximum absolute atomic E-state index is 14.3. The van der Waals surface area contributed by atoms with Gasteiger partial charge in [-0.3, -0.25) is 13.9 Å². The van der Waals surface area contributed by atoms with E-state index in [4.69, 9.17) is 0 Å². The van der Waals surface area contributed by atoms with Gasteiger partial charge < -0.3 is 10.2 Å². The van der Waals surface area contributed by atoms with Crippen LogP contribution in [0.5, 0.6) is 0 Å². The van der Waals surface area contributed by atoms with Gasteiger partial charge in [-0.2, -0.15) is 0 Å². The van der Waals surface area contributed by atoms with Gasteiger partial charge in [0.1, 0.15) is 12.6 Å². The maximum Gasteiger partial charge on any atom is 0.264 e. The van der Waals surface area contributed by atoms with E-state index in [0.29, 0.717) is 5.69 Å². The van der Waals surface area contributed by atoms with Crippen LogP contribution in [-0.2, 0) is 32.6 Å². The number of rotatable bonds is 11. The Kier molecular flexibility index (Phi) is 10.2. The van der Waals surface area contributed by atoms with Crippen molar-refractivity contribution in [3.8, 4) is 0 Å². The van der Waals surface area contributed by atoms with Crippen LogP contribution in [0.25, 0.3) is 0 Å². The number of nitrogens with one attached hydrogen (secondary N) is 1. The molecule has 4 aromatic carbocycles. The Balaban J connectivity index is 1.80. The zero-order valence-electron chi connectivity index (χ0n) is 23.8. The van der Waals surface area contributed by atoms with E-state index in [1.807, 2.05) is 74.5 Å². The molecule has 0 spiro atoms. The molecule has 4 aromatic rings. The van der Waals surface area contributed by atoms with Gasteiger partial charge in [-0.15, -0.1) is 0 Å². The molecule has 0 saturated carbocycles. The van der Waals surface area contributed by atoms with Gasteiger partial charge >= 0.3 is 0 Å². The monoisotopic (exact) mass is 647 g/mol. The van der Waals surface area contributed by atoms with Crippen LogP contribution >= 0.6 is 15.9 Å². The Morgan fingerprint density at radius 2 is 1.45 bits per heavy atom. The fourth-order valence-corrected chi connectivity index (χ4v) is 6.56. The molecule has 0 fully saturated rings. The second-order valence-corrected chi connectivity index (χ2v) is 12.8. The van der Waals surface area contributed by atoms with Crippen molar-refractivity contribution in [1.82, 2.24) is 10.2 Å². The van der Waals surface area contributed by atoms with Crippen LogP contribution in [0.4, 0.5) is 5.69 Å². The minimum Gasteiger partial charge on any atom is -0.357 e. The Morgan fingerprint density at radius 3 is 2.07 bits per heavy atom. The molecule has 0 radical (unpaired) electrons. The number of benzene rings is 4. The van der Waals surface area contributed by atoms with E-state index in [1.54, 1.807) is 30.3 Å². The molecule has 1 atom stereocenters. The summed E-state index contributed by atoms with van der Waals surface area (Å²) < 4.78 is 30.0. The van der Waals surface area contributed by atoms with Gasteiger partial charge in [-0.1, -0.05) is 82.7 Å². The highest BCUT2D eigenvalue weighted by Gasteiger charge is 2.34. The van der Waals surface area contributed by atoms with E-state index < -0.39 is 28.5 Å². The van der Waals surface area contributed by atoms with Crippen LogP contribution in [0, 0.1) is 13.8 Å². The molecule has 0 aliphatic heterocycles. The van der Waals surface area contributed by atoms with Gasteiger partial charge in [0.05, 0.1) is 10.6 Å². The molecule has 2 amide bonds. The summed E-state index contributed by atoms with van der Waals surface area (Å²) in [7, 11) is -2.59. The Morgan fingerprint density at radius 1 is 0.810 bits per heavy atom. The zero-order valence-corrected chi connectivity index (χ0v) is 26.2. The Hall–Kier alpha value is -3.95. The lowest BCUT2D eigenvalue weighted by Crippen LogP contribution is -2.53. The number of anilines is 1. The van der Waals surface area contributed by atoms with Gasteiger partial charge in [0.15, 0.2) is 0 Å². The molecule has 0 aromatic heterocycles. The number of hydrogen-bond donors (Lipinski definition) is 1. The fourth-order valence-electron chi connectivity index (χ4n) is 4.68. The Labute approximate surface area is 256 Å². The summed E-state index contributed by atoms with van der Waals surface area (Å²) in [6.45, 7) is 3.46. The van der Waals surface area contributed by atoms with E-state index in [-0.39, 0.29) is 23.8 Å². The van der Waals surface area contributed by atoms with Gasteiger partial charge in [-0.05, 0) is 72.5 Å². The first kappa shape index (κ1) is 31.0. The second-order valence-electron chi connectivity index (χ2n) is 10.1. The molecule has 7 nitrogen and oxygen atoms in total. The molecule has 9 heteroatoms. The average molecular weight is 649 g/mol. The standard InChI is InChI=1S/C33H34BrN3O4S/c1-24-17-18-29(19-25(24)2)37(42(40,41)30-15-8-5-9-16-30)23-32(38)36(22-27-13-10-14-28(34)20-27)31(33(39)35-3)21-26-11-6-4-7-12-26/h4-20,31H,21-23H2,1-3H3,(H,35,39)/t31-/m1/s1. The summed E-state index contributed by atoms with van der Waals surface area (Å²) in [4.78, 5) is 29.2. The molecule has 4 rings (SSSR count). The van der Waals surface area contributed by atoms with Gasteiger partial charge in [0, 0.05) is 24.5 Å². The number of nitrogens with zero attached hydrogens (tertiary/aromatic N) is 2. The number of hydrogen-bond acceptors (Lipinski definition) is 4. The van der Waals surface area contributed by atoms with Crippen LogP contribution < -0.4 is 9.62 Å². The van der Waals surface area contributed by atoms with Gasteiger partial charge in [-0.25, -0.2) is 8.42 Å². The highest BCUT2D eigenvalue weighted by molar-refractivity contribution is 9.10. The lowest BCUT2D eigenvalue weighted by atomic mass is 10.0. The van der Waals surface area contributed by atoms with Crippen molar-refractivity contribution in [2.75, 3.05) is 17.9 Å². The number of likely N-dealkylation sites (N-methyl/N-ethyl adjacent to an activating group) is 1. The van der Waals surface area contributed by atoms with Gasteiger partial charge in [0.2, 0.25) is 11.8 Å². The normalized spacial score (nSPS) is 11.9. The largest absolute Gasteiger partial charge is 0.357 e. The van der Waals surface area contributed by atoms with E-state index in [9.17, 15) is 18.0 Å². The van der Waals surface area contributed by atoms with E-state index >= 15 is 0 Å². The summed E-state index contributed by atoms with van der Waals surface area (Å²) in [6, 6.07) is 29.4. The molecule has 0 saturated heterocycles. The number of amides is 2. The van der Waals surface area contributed by atoms with E-state index in [2.05, 4.69) is 21.2 Å². The lowest BCUT2D eigenvalue weighted by Gasteiger charge is -2.33. The summed E-state index contributed by atoms with van der Waals surface area (Å²) in [5, 5.41) is 2.70. The SMILES string of the molecule is CNC(=O)[C@@H](Cc1ccccc1)N(Cc1cccc(Br)c1)C(=O)CN(c1ccc(C)c(C)c1)S(=O)(=O)c1ccccc1. The number of carbonyl (C=O) groups is 2. The summed E-state index contributed by atoms with van der Waals surface area (Å²) in [6.07, 6.45) is 0.259. The summed E-state index contributed by atoms with van der Waals surface area (Å²) in [5.74, 6) is -0.844. The molecule has 218 valence electrons. The van der Waals surface area contributed by atoms with Crippen molar-refractivity contribution in [3.05, 3.63) is 130 Å². The molecule has 0 aliphatic carbocycles. The number of sulfonamides is 1. The third-order valence-corrected chi connectivity index (χ3v) is 9.43. The van der Waals surface area contributed by atoms with Crippen LogP contribution in [0.15, 0.2) is 112 Å². The molecular weight excluding hydrogens is 614 g/mol. The highest BCUT2D eigenvalue weighted by Crippen LogP contribution is 2.27. The first-order valence-electron chi connectivity index (χ1n) is 13.5. The first-order valence-corrected chi connectivity index (χ1v) is 15.8. The highest BCUT2D eigenvalue weighted by atomic mass is 79.9. The predicted molar refractivity (Wildman–Crippen MR) is 170 cm³/mol. The third kappa shape index (κ3) is 7.46. The van der Waals surface area contributed by atoms with Crippen LogP contribution in [0.2, 0.25) is 0 Å². The van der Waals surface area contributed by atoms with Crippen LogP contribution in [0.1, 0.15) is 22.3 Å². The van der Waals surface area contributed by atoms with Crippen LogP contribution in [0.3, 0.4) is 0 Å². The van der Waals surface area contributed by atoms with Gasteiger partial charge in [0.25, 0.3) is 10.0 Å². The summed E-state index contributed by atoms with van der Waals surface area (Å²) in [5.41, 5.74) is 3.94. The number of halogens is 1. The van der Waals surface area contributed by atoms with Crippen LogP contribution in [-0.4, -0.2) is 44.8 Å². The van der Waals surface area contributed by atoms with Crippen molar-refractivity contribution in [3.63, 3.8) is 0 Å². The number of carbonyl (C=O) groups excluding carboxylic acids is 2. The van der Waals surface area contributed by atoms with Crippen molar-refractivity contribution in [2.24, 2.45) is 0 Å². The molecule has 1 N–H and O–H groups in total. The zero-order chi connectivity index (χ0) is 30.3. The quantitative estimate of drug-likeness (QED) is 0.228. The predicted octanol–water partition coefficient (Wildman–Crippen LogP) is 5.65. The maximum atomic E-state index is 14.3. The fraction of sp³-hybridized carbons (Fsp3) is 0.212. The lowest BCUT2D eigenvalue weighted by molar-refractivity contribution is -0.139.